The summed E-state index contributed by atoms with van der Waals surface area (Å²) in [5.74, 6) is -1.21. The molecule has 0 radical (unpaired) electrons. The normalized spacial score (nSPS) is 28.6. The molecule has 2 rings (SSSR count). The number of aldehydes is 1. The number of Topliss-reactive ketones (excluding diaryl/α,β-unsaturated/α-hetero) is 1. The molecule has 4 heteroatoms. The third-order valence-electron chi connectivity index (χ3n) is 3.16. The number of ketones is 1. The number of aromatic hydroxyl groups is 1. The van der Waals surface area contributed by atoms with Crippen LogP contribution in [-0.2, 0) is 10.4 Å². The number of carbonyl (C=O) groups is 2. The molecule has 84 valence electrons. The Balaban J connectivity index is 2.68. The molecule has 0 aliphatic heterocycles. The molecule has 0 bridgehead atoms. The molecule has 0 spiro atoms. The van der Waals surface area contributed by atoms with Gasteiger partial charge in [0.05, 0.1) is 17.1 Å². The molecule has 0 amide bonds. The number of benzene rings is 1. The van der Waals surface area contributed by atoms with Gasteiger partial charge in [-0.1, -0.05) is 12.1 Å². The first kappa shape index (κ1) is 10.8. The van der Waals surface area contributed by atoms with E-state index in [-0.39, 0.29) is 23.5 Å². The van der Waals surface area contributed by atoms with E-state index >= 15 is 0 Å². The Morgan fingerprint density at radius 1 is 1.50 bits per heavy atom. The predicted molar refractivity (Wildman–Crippen MR) is 56.2 cm³/mol. The monoisotopic (exact) mass is 220 g/mol. The fourth-order valence-corrected chi connectivity index (χ4v) is 2.14. The summed E-state index contributed by atoms with van der Waals surface area (Å²) in [4.78, 5) is 22.6. The molecule has 1 aromatic carbocycles. The molecule has 0 saturated carbocycles. The molecule has 4 nitrogen and oxygen atoms in total. The largest absolute Gasteiger partial charge is 0.507 e. The van der Waals surface area contributed by atoms with Gasteiger partial charge in [-0.15, -0.1) is 0 Å². The van der Waals surface area contributed by atoms with E-state index in [0.29, 0.717) is 11.8 Å². The maximum atomic E-state index is 11.7. The van der Waals surface area contributed by atoms with Gasteiger partial charge in [0.25, 0.3) is 0 Å². The summed E-state index contributed by atoms with van der Waals surface area (Å²) in [7, 11) is 0. The minimum Gasteiger partial charge on any atom is -0.507 e. The van der Waals surface area contributed by atoms with E-state index in [1.807, 2.05) is 0 Å². The zero-order valence-electron chi connectivity index (χ0n) is 8.80. The molecule has 1 aliphatic rings. The highest BCUT2D eigenvalue weighted by Gasteiger charge is 2.43. The second-order valence-electron chi connectivity index (χ2n) is 4.22. The second kappa shape index (κ2) is 3.42. The highest BCUT2D eigenvalue weighted by atomic mass is 16.3. The Bertz CT molecular complexity index is 462. The van der Waals surface area contributed by atoms with E-state index < -0.39 is 11.5 Å². The molecule has 2 atom stereocenters. The van der Waals surface area contributed by atoms with Gasteiger partial charge in [-0.2, -0.15) is 0 Å². The van der Waals surface area contributed by atoms with Crippen molar-refractivity contribution in [2.45, 2.75) is 18.9 Å². The zero-order chi connectivity index (χ0) is 11.9. The van der Waals surface area contributed by atoms with Crippen LogP contribution in [0.25, 0.3) is 0 Å². The van der Waals surface area contributed by atoms with Crippen LogP contribution in [0.3, 0.4) is 0 Å². The molecule has 0 aromatic heterocycles. The summed E-state index contributed by atoms with van der Waals surface area (Å²) >= 11 is 0. The minimum atomic E-state index is -1.40. The average Bonchev–Trinajstić information content (AvgIpc) is 2.23. The molecule has 0 fully saturated rings. The standard InChI is InChI=1S/C12H12O4/c1-12(16)7(6-13)5-10(15)11-8(12)3-2-4-9(11)14/h2-4,6-7,14,16H,5H2,1H3. The number of phenolic OH excluding ortho intramolecular Hbond substituents is 1. The zero-order valence-corrected chi connectivity index (χ0v) is 8.80. The Kier molecular flexibility index (Phi) is 2.31. The summed E-state index contributed by atoms with van der Waals surface area (Å²) in [5.41, 5.74) is -0.949. The highest BCUT2D eigenvalue weighted by Crippen LogP contribution is 2.41. The lowest BCUT2D eigenvalue weighted by Gasteiger charge is -2.35. The van der Waals surface area contributed by atoms with E-state index in [4.69, 9.17) is 0 Å². The second-order valence-corrected chi connectivity index (χ2v) is 4.22. The minimum absolute atomic E-state index is 0.0684. The highest BCUT2D eigenvalue weighted by molar-refractivity contribution is 6.03. The van der Waals surface area contributed by atoms with Crippen molar-refractivity contribution >= 4 is 12.1 Å². The Labute approximate surface area is 92.5 Å². The maximum absolute atomic E-state index is 11.7. The summed E-state index contributed by atoms with van der Waals surface area (Å²) in [5, 5.41) is 19.8. The van der Waals surface area contributed by atoms with E-state index in [9.17, 15) is 19.8 Å². The molecule has 2 N–H and O–H groups in total. The maximum Gasteiger partial charge on any atom is 0.167 e. The summed E-state index contributed by atoms with van der Waals surface area (Å²) in [6.07, 6.45) is 0.520. The molecule has 16 heavy (non-hydrogen) atoms. The van der Waals surface area contributed by atoms with Gasteiger partial charge in [-0.3, -0.25) is 4.79 Å². The van der Waals surface area contributed by atoms with Crippen LogP contribution in [-0.4, -0.2) is 22.3 Å². The van der Waals surface area contributed by atoms with Gasteiger partial charge in [0.15, 0.2) is 5.78 Å². The van der Waals surface area contributed by atoms with E-state index in [2.05, 4.69) is 0 Å². The molecule has 1 aromatic rings. The lowest BCUT2D eigenvalue weighted by molar-refractivity contribution is -0.120. The van der Waals surface area contributed by atoms with Crippen LogP contribution in [0, 0.1) is 5.92 Å². The van der Waals surface area contributed by atoms with Crippen molar-refractivity contribution in [1.29, 1.82) is 0 Å². The van der Waals surface area contributed by atoms with Crippen molar-refractivity contribution in [1.82, 2.24) is 0 Å². The number of carbonyl (C=O) groups excluding carboxylic acids is 2. The van der Waals surface area contributed by atoms with Gasteiger partial charge in [-0.25, -0.2) is 0 Å². The smallest absolute Gasteiger partial charge is 0.167 e. The third-order valence-corrected chi connectivity index (χ3v) is 3.16. The Morgan fingerprint density at radius 3 is 2.81 bits per heavy atom. The van der Waals surface area contributed by atoms with Crippen molar-refractivity contribution in [3.8, 4) is 5.75 Å². The number of hydrogen-bond acceptors (Lipinski definition) is 4. The molecule has 0 heterocycles. The SMILES string of the molecule is CC1(O)c2cccc(O)c2C(=O)CC1C=O. The van der Waals surface area contributed by atoms with E-state index in [1.54, 1.807) is 12.1 Å². The predicted octanol–water partition coefficient (Wildman–Crippen LogP) is 1.00. The molecule has 0 saturated heterocycles. The van der Waals surface area contributed by atoms with Crippen LogP contribution in [0.1, 0.15) is 29.3 Å². The van der Waals surface area contributed by atoms with Crippen molar-refractivity contribution in [3.05, 3.63) is 29.3 Å². The van der Waals surface area contributed by atoms with Gasteiger partial charge in [0.1, 0.15) is 12.0 Å². The lowest BCUT2D eigenvalue weighted by atomic mass is 9.72. The first-order valence-corrected chi connectivity index (χ1v) is 5.01. The van der Waals surface area contributed by atoms with Gasteiger partial charge in [0, 0.05) is 6.42 Å². The molecule has 2 unspecified atom stereocenters. The van der Waals surface area contributed by atoms with Crippen LogP contribution in [0.15, 0.2) is 18.2 Å². The van der Waals surface area contributed by atoms with Gasteiger partial charge < -0.3 is 15.0 Å². The Morgan fingerprint density at radius 2 is 2.19 bits per heavy atom. The number of fused-ring (bicyclic) bond motifs is 1. The molecular weight excluding hydrogens is 208 g/mol. The van der Waals surface area contributed by atoms with E-state index in [0.717, 1.165) is 0 Å². The first-order chi connectivity index (χ1) is 7.48. The van der Waals surface area contributed by atoms with Crippen molar-refractivity contribution in [2.24, 2.45) is 5.92 Å². The fourth-order valence-electron chi connectivity index (χ4n) is 2.14. The number of phenols is 1. The van der Waals surface area contributed by atoms with Crippen LogP contribution in [0.4, 0.5) is 0 Å². The third kappa shape index (κ3) is 1.34. The molecule has 1 aliphatic carbocycles. The van der Waals surface area contributed by atoms with Crippen LogP contribution >= 0.6 is 0 Å². The Hall–Kier alpha value is -1.68. The fraction of sp³-hybridized carbons (Fsp3) is 0.333. The van der Waals surface area contributed by atoms with Crippen LogP contribution in [0.5, 0.6) is 5.75 Å². The van der Waals surface area contributed by atoms with Gasteiger partial charge >= 0.3 is 0 Å². The van der Waals surface area contributed by atoms with Crippen LogP contribution in [0.2, 0.25) is 0 Å². The van der Waals surface area contributed by atoms with Crippen molar-refractivity contribution in [3.63, 3.8) is 0 Å². The summed E-state index contributed by atoms with van der Waals surface area (Å²) < 4.78 is 0. The van der Waals surface area contributed by atoms with E-state index in [1.165, 1.54) is 13.0 Å². The topological polar surface area (TPSA) is 74.6 Å². The molecular formula is C12H12O4. The van der Waals surface area contributed by atoms with Gasteiger partial charge in [0.2, 0.25) is 0 Å². The van der Waals surface area contributed by atoms with Crippen LogP contribution < -0.4 is 0 Å². The van der Waals surface area contributed by atoms with Gasteiger partial charge in [-0.05, 0) is 18.6 Å². The quantitative estimate of drug-likeness (QED) is 0.692. The first-order valence-electron chi connectivity index (χ1n) is 5.01. The number of aliphatic hydroxyl groups is 1. The average molecular weight is 220 g/mol. The lowest BCUT2D eigenvalue weighted by Crippen LogP contribution is -2.40. The number of hydrogen-bond donors (Lipinski definition) is 2. The van der Waals surface area contributed by atoms with Crippen molar-refractivity contribution in [2.75, 3.05) is 0 Å². The van der Waals surface area contributed by atoms with Crippen molar-refractivity contribution < 1.29 is 19.8 Å². The summed E-state index contributed by atoms with van der Waals surface area (Å²) in [6, 6.07) is 4.50. The summed E-state index contributed by atoms with van der Waals surface area (Å²) in [6.45, 7) is 1.48. The number of rotatable bonds is 1.